The molecule has 0 fully saturated rings. The molecule has 0 bridgehead atoms. The minimum atomic E-state index is -0.381. The number of hydrogen-bond acceptors (Lipinski definition) is 6. The number of fused-ring (bicyclic) bond motifs is 2. The molecular weight excluding hydrogens is 312 g/mol. The van der Waals surface area contributed by atoms with Crippen LogP contribution in [-0.4, -0.2) is 17.6 Å². The van der Waals surface area contributed by atoms with E-state index in [1.807, 2.05) is 13.0 Å². The Morgan fingerprint density at radius 3 is 3.00 bits per heavy atom. The zero-order chi connectivity index (χ0) is 16.4. The Morgan fingerprint density at radius 2 is 2.26 bits per heavy atom. The van der Waals surface area contributed by atoms with Crippen molar-refractivity contribution in [1.29, 1.82) is 0 Å². The van der Waals surface area contributed by atoms with E-state index in [4.69, 9.17) is 20.2 Å². The number of carbonyl (C=O) groups is 1. The summed E-state index contributed by atoms with van der Waals surface area (Å²) in [5.74, 6) is -0.381. The Labute approximate surface area is 139 Å². The van der Waals surface area contributed by atoms with Gasteiger partial charge in [-0.25, -0.2) is 9.78 Å². The van der Waals surface area contributed by atoms with Crippen molar-refractivity contribution >= 4 is 33.2 Å². The van der Waals surface area contributed by atoms with Gasteiger partial charge in [0, 0.05) is 16.6 Å². The molecule has 2 heterocycles. The van der Waals surface area contributed by atoms with E-state index in [2.05, 4.69) is 0 Å². The number of ether oxygens (including phenoxy) is 2. The molecule has 0 aliphatic heterocycles. The molecular formula is C17H20N2O3S. The summed E-state index contributed by atoms with van der Waals surface area (Å²) in [4.78, 5) is 18.1. The maximum absolute atomic E-state index is 12.1. The van der Waals surface area contributed by atoms with Crippen molar-refractivity contribution in [1.82, 2.24) is 4.98 Å². The first-order chi connectivity index (χ1) is 11.2. The lowest BCUT2D eigenvalue weighted by Crippen LogP contribution is -2.05. The number of aromatic nitrogens is 1. The number of esters is 1. The van der Waals surface area contributed by atoms with Crippen LogP contribution < -0.4 is 5.73 Å². The highest BCUT2D eigenvalue weighted by molar-refractivity contribution is 7.21. The number of anilines is 1. The van der Waals surface area contributed by atoms with Gasteiger partial charge in [-0.1, -0.05) is 6.08 Å². The first-order valence-corrected chi connectivity index (χ1v) is 8.61. The van der Waals surface area contributed by atoms with E-state index in [9.17, 15) is 4.79 Å². The average molecular weight is 332 g/mol. The summed E-state index contributed by atoms with van der Waals surface area (Å²) in [7, 11) is 0. The third-order valence-corrected chi connectivity index (χ3v) is 5.02. The van der Waals surface area contributed by atoms with Gasteiger partial charge in [-0.3, -0.25) is 0 Å². The predicted octanol–water partition coefficient (Wildman–Crippen LogP) is 3.59. The summed E-state index contributed by atoms with van der Waals surface area (Å²) in [6.45, 7) is 4.46. The Bertz CT molecular complexity index is 780. The highest BCUT2D eigenvalue weighted by atomic mass is 32.1. The highest BCUT2D eigenvalue weighted by Gasteiger charge is 2.26. The summed E-state index contributed by atoms with van der Waals surface area (Å²) < 4.78 is 10.7. The van der Waals surface area contributed by atoms with E-state index in [1.165, 1.54) is 16.9 Å². The van der Waals surface area contributed by atoms with Crippen molar-refractivity contribution in [3.63, 3.8) is 0 Å². The summed E-state index contributed by atoms with van der Waals surface area (Å²) in [6, 6.07) is 0. The number of carbonyl (C=O) groups excluding carboxylic acids is 1. The Balaban J connectivity index is 2.15. The van der Waals surface area contributed by atoms with Gasteiger partial charge in [-0.2, -0.15) is 0 Å². The van der Waals surface area contributed by atoms with Crippen molar-refractivity contribution < 1.29 is 14.3 Å². The zero-order valence-corrected chi connectivity index (χ0v) is 14.2. The number of aryl methyl sites for hydroxylation is 1. The fourth-order valence-corrected chi connectivity index (χ4v) is 4.03. The molecule has 0 aromatic carbocycles. The summed E-state index contributed by atoms with van der Waals surface area (Å²) >= 11 is 1.31. The molecule has 0 amide bonds. The number of nitrogen functional groups attached to an aromatic ring is 1. The van der Waals surface area contributed by atoms with Crippen LogP contribution in [0.1, 0.15) is 46.8 Å². The van der Waals surface area contributed by atoms with E-state index >= 15 is 0 Å². The van der Waals surface area contributed by atoms with Crippen LogP contribution >= 0.6 is 11.3 Å². The molecule has 0 saturated carbocycles. The van der Waals surface area contributed by atoms with Gasteiger partial charge in [0.05, 0.1) is 18.6 Å². The standard InChI is InChI=1S/C17H20N2O3S/c1-3-8-21-9-11-10-6-5-7-12(10)19-16-13(11)14(18)15(23-16)17(20)22-4-2/h3,8H,4-7,9,18H2,1-2H3/b8-3-. The monoisotopic (exact) mass is 332 g/mol. The molecule has 3 rings (SSSR count). The van der Waals surface area contributed by atoms with Crippen LogP contribution in [0, 0.1) is 0 Å². The Hall–Kier alpha value is -2.08. The van der Waals surface area contributed by atoms with Crippen LogP contribution in [0.25, 0.3) is 10.2 Å². The molecule has 0 unspecified atom stereocenters. The van der Waals surface area contributed by atoms with E-state index in [-0.39, 0.29) is 5.97 Å². The van der Waals surface area contributed by atoms with Crippen molar-refractivity contribution in [2.45, 2.75) is 39.7 Å². The molecule has 5 nitrogen and oxygen atoms in total. The molecule has 23 heavy (non-hydrogen) atoms. The third kappa shape index (κ3) is 2.79. The second-order valence-electron chi connectivity index (χ2n) is 5.40. The van der Waals surface area contributed by atoms with Gasteiger partial charge in [0.1, 0.15) is 16.3 Å². The number of hydrogen-bond donors (Lipinski definition) is 1. The van der Waals surface area contributed by atoms with Gasteiger partial charge in [0.15, 0.2) is 0 Å². The van der Waals surface area contributed by atoms with Crippen molar-refractivity contribution in [3.8, 4) is 0 Å². The smallest absolute Gasteiger partial charge is 0.350 e. The quantitative estimate of drug-likeness (QED) is 0.669. The molecule has 2 aromatic rings. The number of allylic oxidation sites excluding steroid dienone is 1. The molecule has 0 atom stereocenters. The zero-order valence-electron chi connectivity index (χ0n) is 13.3. The molecule has 2 N–H and O–H groups in total. The largest absolute Gasteiger partial charge is 0.497 e. The summed E-state index contributed by atoms with van der Waals surface area (Å²) in [5.41, 5.74) is 10.1. The lowest BCUT2D eigenvalue weighted by molar-refractivity contribution is 0.0533. The molecule has 1 aliphatic rings. The minimum Gasteiger partial charge on any atom is -0.497 e. The van der Waals surface area contributed by atoms with Crippen LogP contribution in [0.3, 0.4) is 0 Å². The van der Waals surface area contributed by atoms with Gasteiger partial charge < -0.3 is 15.2 Å². The molecule has 122 valence electrons. The van der Waals surface area contributed by atoms with Crippen LogP contribution in [0.5, 0.6) is 0 Å². The van der Waals surface area contributed by atoms with E-state index in [0.717, 1.165) is 40.7 Å². The Kier molecular flexibility index (Phi) is 4.52. The van der Waals surface area contributed by atoms with Gasteiger partial charge >= 0.3 is 5.97 Å². The normalized spacial score (nSPS) is 13.7. The number of rotatable bonds is 5. The first-order valence-electron chi connectivity index (χ1n) is 7.79. The fourth-order valence-electron chi connectivity index (χ4n) is 2.99. The Morgan fingerprint density at radius 1 is 1.43 bits per heavy atom. The van der Waals surface area contributed by atoms with Crippen molar-refractivity contribution in [2.24, 2.45) is 0 Å². The topological polar surface area (TPSA) is 74.4 Å². The SMILES string of the molecule is C/C=C\OCc1c2c(nc3sc(C(=O)OCC)c(N)c13)CCC2. The molecule has 0 saturated heterocycles. The highest BCUT2D eigenvalue weighted by Crippen LogP contribution is 2.40. The second-order valence-corrected chi connectivity index (χ2v) is 6.39. The second kappa shape index (κ2) is 6.58. The molecule has 0 radical (unpaired) electrons. The maximum atomic E-state index is 12.1. The molecule has 1 aliphatic carbocycles. The van der Waals surface area contributed by atoms with Gasteiger partial charge in [-0.05, 0) is 38.7 Å². The van der Waals surface area contributed by atoms with E-state index in [0.29, 0.717) is 23.8 Å². The average Bonchev–Trinajstić information content (AvgIpc) is 3.12. The summed E-state index contributed by atoms with van der Waals surface area (Å²) in [6.07, 6.45) is 6.56. The molecule has 0 spiro atoms. The number of thiophene rings is 1. The lowest BCUT2D eigenvalue weighted by Gasteiger charge is -2.10. The molecule has 6 heteroatoms. The number of pyridine rings is 1. The minimum absolute atomic E-state index is 0.327. The molecule has 2 aromatic heterocycles. The maximum Gasteiger partial charge on any atom is 0.350 e. The lowest BCUT2D eigenvalue weighted by atomic mass is 10.0. The van der Waals surface area contributed by atoms with Gasteiger partial charge in [0.2, 0.25) is 0 Å². The number of nitrogens with zero attached hydrogens (tertiary/aromatic N) is 1. The number of nitrogens with two attached hydrogens (primary N) is 1. The fraction of sp³-hybridized carbons (Fsp3) is 0.412. The van der Waals surface area contributed by atoms with Crippen LogP contribution in [0.15, 0.2) is 12.3 Å². The first kappa shape index (κ1) is 15.8. The van der Waals surface area contributed by atoms with Crippen LogP contribution in [-0.2, 0) is 28.9 Å². The van der Waals surface area contributed by atoms with Gasteiger partial charge in [0.25, 0.3) is 0 Å². The van der Waals surface area contributed by atoms with Crippen molar-refractivity contribution in [3.05, 3.63) is 34.0 Å². The predicted molar refractivity (Wildman–Crippen MR) is 91.6 cm³/mol. The van der Waals surface area contributed by atoms with E-state index < -0.39 is 0 Å². The van der Waals surface area contributed by atoms with Crippen LogP contribution in [0.4, 0.5) is 5.69 Å². The van der Waals surface area contributed by atoms with Gasteiger partial charge in [-0.15, -0.1) is 11.3 Å². The third-order valence-electron chi connectivity index (χ3n) is 3.94. The van der Waals surface area contributed by atoms with Crippen molar-refractivity contribution in [2.75, 3.05) is 12.3 Å². The van der Waals surface area contributed by atoms with Crippen LogP contribution in [0.2, 0.25) is 0 Å². The van der Waals surface area contributed by atoms with E-state index in [1.54, 1.807) is 13.2 Å². The summed E-state index contributed by atoms with van der Waals surface area (Å²) in [5, 5.41) is 0.850.